The molecule has 0 aliphatic rings. The third-order valence-corrected chi connectivity index (χ3v) is 3.62. The van der Waals surface area contributed by atoms with Gasteiger partial charge in [-0.15, -0.1) is 0 Å². The lowest BCUT2D eigenvalue weighted by Crippen LogP contribution is -1.85. The Morgan fingerprint density at radius 1 is 1.11 bits per heavy atom. The lowest BCUT2D eigenvalue weighted by atomic mass is 10.1. The van der Waals surface area contributed by atoms with Crippen molar-refractivity contribution in [2.24, 2.45) is 0 Å². The van der Waals surface area contributed by atoms with Crippen LogP contribution < -0.4 is 4.74 Å². The zero-order valence-corrected chi connectivity index (χ0v) is 13.5. The van der Waals surface area contributed by atoms with Crippen LogP contribution in [-0.4, -0.2) is 7.11 Å². The minimum atomic E-state index is 0.863. The Balaban J connectivity index is 2.89. The summed E-state index contributed by atoms with van der Waals surface area (Å²) in [6.45, 7) is 4.36. The summed E-state index contributed by atoms with van der Waals surface area (Å²) < 4.78 is 6.39. The molecule has 0 aromatic heterocycles. The fraction of sp³-hybridized carbons (Fsp3) is 0.412. The fourth-order valence-electron chi connectivity index (χ4n) is 1.71. The van der Waals surface area contributed by atoms with Crippen LogP contribution in [0.15, 0.2) is 34.3 Å². The van der Waals surface area contributed by atoms with Gasteiger partial charge >= 0.3 is 0 Å². The van der Waals surface area contributed by atoms with Crippen LogP contribution in [0.2, 0.25) is 0 Å². The molecule has 0 amide bonds. The average molecular weight is 321 g/mol. The predicted molar refractivity (Wildman–Crippen MR) is 85.6 cm³/mol. The molecule has 0 unspecified atom stereocenters. The molecule has 0 saturated carbocycles. The monoisotopic (exact) mass is 320 g/mol. The van der Waals surface area contributed by atoms with E-state index >= 15 is 0 Å². The van der Waals surface area contributed by atoms with Gasteiger partial charge in [0.05, 0.1) is 7.11 Å². The van der Waals surface area contributed by atoms with E-state index in [0.29, 0.717) is 0 Å². The first kappa shape index (κ1) is 15.9. The van der Waals surface area contributed by atoms with Gasteiger partial charge in [-0.25, -0.2) is 0 Å². The summed E-state index contributed by atoms with van der Waals surface area (Å²) in [7, 11) is 1.67. The van der Waals surface area contributed by atoms with Crippen LogP contribution in [0.5, 0.6) is 5.75 Å². The maximum absolute atomic E-state index is 5.14. The van der Waals surface area contributed by atoms with Crippen molar-refractivity contribution in [2.45, 2.75) is 39.5 Å². The molecule has 1 aromatic rings. The van der Waals surface area contributed by atoms with E-state index in [1.54, 1.807) is 7.11 Å². The predicted octanol–water partition coefficient (Wildman–Crippen LogP) is 5.30. The zero-order valence-electron chi connectivity index (χ0n) is 11.9. The number of hydrogen-bond donors (Lipinski definition) is 0. The lowest BCUT2D eigenvalue weighted by molar-refractivity contribution is 0.415. The maximum Gasteiger partial charge on any atom is 0.118 e. The van der Waals surface area contributed by atoms with E-state index in [0.717, 1.165) is 37.0 Å². The van der Waals surface area contributed by atoms with Gasteiger partial charge in [0, 0.05) is 15.6 Å². The van der Waals surface area contributed by atoms with Crippen molar-refractivity contribution in [3.8, 4) is 17.6 Å². The van der Waals surface area contributed by atoms with Crippen LogP contribution in [0.1, 0.15) is 45.1 Å². The minimum absolute atomic E-state index is 0.863. The van der Waals surface area contributed by atoms with Crippen LogP contribution in [0.4, 0.5) is 0 Å². The average Bonchev–Trinajstić information content (AvgIpc) is 2.44. The quantitative estimate of drug-likeness (QED) is 0.669. The fourth-order valence-corrected chi connectivity index (χ4v) is 2.40. The van der Waals surface area contributed by atoms with Crippen molar-refractivity contribution < 1.29 is 4.74 Å². The number of methoxy groups -OCH3 is 1. The molecule has 0 N–H and O–H groups in total. The van der Waals surface area contributed by atoms with Gasteiger partial charge in [-0.1, -0.05) is 54.5 Å². The summed E-state index contributed by atoms with van der Waals surface area (Å²) in [5, 5.41) is 0. The van der Waals surface area contributed by atoms with Crippen LogP contribution in [0.25, 0.3) is 0 Å². The molecule has 0 spiro atoms. The minimum Gasteiger partial charge on any atom is -0.497 e. The highest BCUT2D eigenvalue weighted by atomic mass is 79.9. The number of halogens is 1. The number of allylic oxidation sites excluding steroid dienone is 2. The summed E-state index contributed by atoms with van der Waals surface area (Å²) >= 11 is 3.66. The second-order valence-electron chi connectivity index (χ2n) is 4.36. The van der Waals surface area contributed by atoms with Gasteiger partial charge in [-0.2, -0.15) is 0 Å². The van der Waals surface area contributed by atoms with Crippen molar-refractivity contribution in [1.82, 2.24) is 0 Å². The molecular formula is C17H21BrO. The van der Waals surface area contributed by atoms with Gasteiger partial charge in [-0.05, 0) is 37.1 Å². The zero-order chi connectivity index (χ0) is 14.1. The van der Waals surface area contributed by atoms with E-state index in [4.69, 9.17) is 4.74 Å². The molecule has 0 aliphatic heterocycles. The van der Waals surface area contributed by atoms with Crippen molar-refractivity contribution in [2.75, 3.05) is 7.11 Å². The van der Waals surface area contributed by atoms with Gasteiger partial charge in [-0.3, -0.25) is 0 Å². The first-order valence-corrected chi connectivity index (χ1v) is 7.54. The van der Waals surface area contributed by atoms with E-state index < -0.39 is 0 Å². The van der Waals surface area contributed by atoms with E-state index in [1.807, 2.05) is 24.3 Å². The second-order valence-corrected chi connectivity index (χ2v) is 5.32. The molecule has 1 rings (SSSR count). The Kier molecular flexibility index (Phi) is 7.36. The molecule has 102 valence electrons. The van der Waals surface area contributed by atoms with Crippen LogP contribution in [-0.2, 0) is 0 Å². The van der Waals surface area contributed by atoms with Crippen LogP contribution in [0, 0.1) is 11.8 Å². The lowest BCUT2D eigenvalue weighted by Gasteiger charge is -2.02. The summed E-state index contributed by atoms with van der Waals surface area (Å²) in [5.74, 6) is 7.39. The van der Waals surface area contributed by atoms with Gasteiger partial charge in [0.2, 0.25) is 0 Å². The van der Waals surface area contributed by atoms with Crippen LogP contribution >= 0.6 is 15.9 Å². The first-order chi connectivity index (χ1) is 9.21. The molecule has 0 saturated heterocycles. The number of rotatable bonds is 5. The summed E-state index contributed by atoms with van der Waals surface area (Å²) in [4.78, 5) is 0. The molecule has 0 atom stereocenters. The highest BCUT2D eigenvalue weighted by molar-refractivity contribution is 9.11. The summed E-state index contributed by atoms with van der Waals surface area (Å²) in [6.07, 6.45) is 4.35. The second kappa shape index (κ2) is 8.82. The molecule has 2 heteroatoms. The third-order valence-electron chi connectivity index (χ3n) is 2.74. The maximum atomic E-state index is 5.14. The molecule has 0 fully saturated rings. The van der Waals surface area contributed by atoms with Gasteiger partial charge in [0.25, 0.3) is 0 Å². The largest absolute Gasteiger partial charge is 0.497 e. The molecular weight excluding hydrogens is 300 g/mol. The van der Waals surface area contributed by atoms with Gasteiger partial charge in [0.15, 0.2) is 0 Å². The van der Waals surface area contributed by atoms with E-state index in [9.17, 15) is 0 Å². The molecule has 1 aromatic carbocycles. The third kappa shape index (κ3) is 5.53. The van der Waals surface area contributed by atoms with Crippen molar-refractivity contribution in [3.63, 3.8) is 0 Å². The number of hydrogen-bond acceptors (Lipinski definition) is 1. The molecule has 0 radical (unpaired) electrons. The smallest absolute Gasteiger partial charge is 0.118 e. The van der Waals surface area contributed by atoms with E-state index in [1.165, 1.54) is 10.1 Å². The number of benzene rings is 1. The van der Waals surface area contributed by atoms with Gasteiger partial charge in [0.1, 0.15) is 5.75 Å². The molecule has 1 nitrogen and oxygen atoms in total. The molecule has 0 aliphatic carbocycles. The Hall–Kier alpha value is -1.20. The normalized spacial score (nSPS) is 11.4. The first-order valence-electron chi connectivity index (χ1n) is 6.74. The Morgan fingerprint density at radius 2 is 1.74 bits per heavy atom. The van der Waals surface area contributed by atoms with Crippen molar-refractivity contribution in [3.05, 3.63) is 39.9 Å². The Morgan fingerprint density at radius 3 is 2.26 bits per heavy atom. The summed E-state index contributed by atoms with van der Waals surface area (Å²) in [5.41, 5.74) is 2.24. The highest BCUT2D eigenvalue weighted by Crippen LogP contribution is 2.21. The Labute approximate surface area is 125 Å². The molecule has 19 heavy (non-hydrogen) atoms. The molecule has 0 bridgehead atoms. The van der Waals surface area contributed by atoms with E-state index in [2.05, 4.69) is 41.6 Å². The number of ether oxygens (including phenoxy) is 1. The highest BCUT2D eigenvalue weighted by Gasteiger charge is 2.00. The topological polar surface area (TPSA) is 9.23 Å². The van der Waals surface area contributed by atoms with Gasteiger partial charge < -0.3 is 4.74 Å². The van der Waals surface area contributed by atoms with Crippen molar-refractivity contribution >= 4 is 15.9 Å². The molecule has 0 heterocycles. The SMILES string of the molecule is CCC/C(Br)=C(/C#Cc1ccc(OC)cc1)CCC. The van der Waals surface area contributed by atoms with Crippen molar-refractivity contribution in [1.29, 1.82) is 0 Å². The standard InChI is InChI=1S/C17H21BrO/c1-4-6-15(17(18)7-5-2)11-8-14-9-12-16(19-3)13-10-14/h9-10,12-13H,4-7H2,1-3H3/b17-15-. The Bertz CT molecular complexity index is 474. The van der Waals surface area contributed by atoms with E-state index in [-0.39, 0.29) is 0 Å². The van der Waals surface area contributed by atoms with Crippen LogP contribution in [0.3, 0.4) is 0 Å². The summed E-state index contributed by atoms with van der Waals surface area (Å²) in [6, 6.07) is 7.86.